The van der Waals surface area contributed by atoms with Crippen LogP contribution in [0.3, 0.4) is 0 Å². The second-order valence-corrected chi connectivity index (χ2v) is 7.27. The number of carbonyl (C=O) groups excluding carboxylic acids is 1. The third kappa shape index (κ3) is 5.51. The van der Waals surface area contributed by atoms with Gasteiger partial charge in [-0.1, -0.05) is 0 Å². The zero-order chi connectivity index (χ0) is 17.1. The number of nitrogens with one attached hydrogen (secondary N) is 1. The fourth-order valence-corrected chi connectivity index (χ4v) is 3.58. The van der Waals surface area contributed by atoms with Gasteiger partial charge in [-0.3, -0.25) is 4.79 Å². The van der Waals surface area contributed by atoms with Crippen LogP contribution >= 0.6 is 36.2 Å². The lowest BCUT2D eigenvalue weighted by molar-refractivity contribution is -0.130. The van der Waals surface area contributed by atoms with E-state index >= 15 is 0 Å². The van der Waals surface area contributed by atoms with Crippen LogP contribution in [0.4, 0.5) is 10.9 Å². The first-order chi connectivity index (χ1) is 11.5. The Morgan fingerprint density at radius 2 is 2.15 bits per heavy atom. The highest BCUT2D eigenvalue weighted by Gasteiger charge is 2.26. The standard InChI is InChI=1S/C16H22N6OS.2ClH/c1-10-6-13(21-16-18-8-11(2)24-16)20-15(19-10)12-4-3-5-22(9-12)14(23)7-17;;/h6,8,12H,3-5,7,9,17H2,1-2H3,(H,18,19,20,21);2*1H. The first kappa shape index (κ1) is 22.6. The van der Waals surface area contributed by atoms with Gasteiger partial charge in [-0.05, 0) is 26.7 Å². The molecule has 3 heterocycles. The van der Waals surface area contributed by atoms with Crippen LogP contribution in [0.2, 0.25) is 0 Å². The van der Waals surface area contributed by atoms with Gasteiger partial charge in [0, 0.05) is 41.8 Å². The molecule has 0 spiro atoms. The minimum atomic E-state index is -0.0102. The fourth-order valence-electron chi connectivity index (χ4n) is 2.90. The molecule has 1 fully saturated rings. The Morgan fingerprint density at radius 3 is 2.81 bits per heavy atom. The summed E-state index contributed by atoms with van der Waals surface area (Å²) in [5, 5.41) is 4.07. The smallest absolute Gasteiger partial charge is 0.236 e. The van der Waals surface area contributed by atoms with Gasteiger partial charge in [0.2, 0.25) is 5.91 Å². The van der Waals surface area contributed by atoms with Crippen LogP contribution in [0.25, 0.3) is 0 Å². The van der Waals surface area contributed by atoms with Gasteiger partial charge in [-0.2, -0.15) is 0 Å². The number of likely N-dealkylation sites (tertiary alicyclic amines) is 1. The van der Waals surface area contributed by atoms with Gasteiger partial charge in [0.25, 0.3) is 0 Å². The van der Waals surface area contributed by atoms with E-state index < -0.39 is 0 Å². The van der Waals surface area contributed by atoms with E-state index in [-0.39, 0.29) is 43.2 Å². The quantitative estimate of drug-likeness (QED) is 0.791. The number of hydrogen-bond acceptors (Lipinski definition) is 7. The molecule has 0 radical (unpaired) electrons. The van der Waals surface area contributed by atoms with Crippen molar-refractivity contribution >= 4 is 53.0 Å². The number of anilines is 2. The topological polar surface area (TPSA) is 97.0 Å². The van der Waals surface area contributed by atoms with Crippen LogP contribution in [-0.2, 0) is 4.79 Å². The lowest BCUT2D eigenvalue weighted by Crippen LogP contribution is -2.42. The van der Waals surface area contributed by atoms with Crippen molar-refractivity contribution in [1.82, 2.24) is 19.9 Å². The molecule has 0 aliphatic carbocycles. The number of rotatable bonds is 4. The van der Waals surface area contributed by atoms with Crippen molar-refractivity contribution in [3.63, 3.8) is 0 Å². The van der Waals surface area contributed by atoms with Crippen LogP contribution in [0.1, 0.15) is 35.2 Å². The van der Waals surface area contributed by atoms with Crippen molar-refractivity contribution in [2.45, 2.75) is 32.6 Å². The number of nitrogens with two attached hydrogens (primary N) is 1. The first-order valence-corrected chi connectivity index (χ1v) is 8.89. The molecule has 1 unspecified atom stereocenters. The number of aromatic nitrogens is 3. The van der Waals surface area contributed by atoms with Crippen molar-refractivity contribution < 1.29 is 4.79 Å². The third-order valence-electron chi connectivity index (χ3n) is 4.04. The highest BCUT2D eigenvalue weighted by Crippen LogP contribution is 2.27. The predicted molar refractivity (Wildman–Crippen MR) is 109 cm³/mol. The summed E-state index contributed by atoms with van der Waals surface area (Å²) >= 11 is 1.59. The average Bonchev–Trinajstić information content (AvgIpc) is 2.98. The molecule has 2 aromatic heterocycles. The van der Waals surface area contributed by atoms with E-state index in [1.807, 2.05) is 31.0 Å². The molecule has 2 aromatic rings. The molecule has 0 bridgehead atoms. The second-order valence-electron chi connectivity index (χ2n) is 6.04. The SMILES string of the molecule is Cc1cc(Nc2ncc(C)s2)nc(C2CCCN(C(=O)CN)C2)n1.Cl.Cl. The number of nitrogens with zero attached hydrogens (tertiary/aromatic N) is 4. The van der Waals surface area contributed by atoms with Gasteiger partial charge in [0.1, 0.15) is 11.6 Å². The number of aryl methyl sites for hydroxylation is 2. The summed E-state index contributed by atoms with van der Waals surface area (Å²) < 4.78 is 0. The average molecular weight is 419 g/mol. The van der Waals surface area contributed by atoms with Crippen LogP contribution in [-0.4, -0.2) is 45.4 Å². The molecular formula is C16H24Cl2N6OS. The molecule has 26 heavy (non-hydrogen) atoms. The molecule has 1 saturated heterocycles. The molecule has 3 rings (SSSR count). The Hall–Kier alpha value is -1.48. The number of carbonyl (C=O) groups is 1. The van der Waals surface area contributed by atoms with E-state index in [2.05, 4.69) is 20.3 Å². The summed E-state index contributed by atoms with van der Waals surface area (Å²) in [6.07, 6.45) is 3.76. The summed E-state index contributed by atoms with van der Waals surface area (Å²) in [6, 6.07) is 1.91. The Bertz CT molecular complexity index is 741. The zero-order valence-corrected chi connectivity index (χ0v) is 17.2. The minimum absolute atomic E-state index is 0. The highest BCUT2D eigenvalue weighted by molar-refractivity contribution is 7.15. The molecule has 10 heteroatoms. The number of halogens is 2. The van der Waals surface area contributed by atoms with Gasteiger partial charge >= 0.3 is 0 Å². The van der Waals surface area contributed by atoms with Crippen molar-refractivity contribution in [3.8, 4) is 0 Å². The zero-order valence-electron chi connectivity index (χ0n) is 14.8. The van der Waals surface area contributed by atoms with E-state index in [0.29, 0.717) is 6.54 Å². The van der Waals surface area contributed by atoms with Crippen LogP contribution in [0.15, 0.2) is 12.3 Å². The maximum atomic E-state index is 11.9. The maximum absolute atomic E-state index is 11.9. The highest BCUT2D eigenvalue weighted by atomic mass is 35.5. The first-order valence-electron chi connectivity index (χ1n) is 8.08. The van der Waals surface area contributed by atoms with Gasteiger partial charge in [0.15, 0.2) is 5.13 Å². The monoisotopic (exact) mass is 418 g/mol. The maximum Gasteiger partial charge on any atom is 0.236 e. The summed E-state index contributed by atoms with van der Waals surface area (Å²) in [6.45, 7) is 5.42. The van der Waals surface area contributed by atoms with Crippen LogP contribution in [0, 0.1) is 13.8 Å². The number of thiazole rings is 1. The Kier molecular flexibility index (Phi) is 8.69. The number of amides is 1. The molecule has 7 nitrogen and oxygen atoms in total. The molecule has 3 N–H and O–H groups in total. The molecular weight excluding hydrogens is 395 g/mol. The molecule has 0 aromatic carbocycles. The molecule has 1 aliphatic heterocycles. The van der Waals surface area contributed by atoms with Gasteiger partial charge in [-0.25, -0.2) is 15.0 Å². The number of piperidine rings is 1. The molecule has 0 saturated carbocycles. The van der Waals surface area contributed by atoms with Crippen LogP contribution < -0.4 is 11.1 Å². The Labute approximate surface area is 169 Å². The van der Waals surface area contributed by atoms with Crippen molar-refractivity contribution in [1.29, 1.82) is 0 Å². The molecule has 1 aliphatic rings. The predicted octanol–water partition coefficient (Wildman–Crippen LogP) is 2.80. The fraction of sp³-hybridized carbons (Fsp3) is 0.500. The largest absolute Gasteiger partial charge is 0.341 e. The molecule has 1 amide bonds. The normalized spacial score (nSPS) is 16.4. The second kappa shape index (κ2) is 10.0. The van der Waals surface area contributed by atoms with Crippen molar-refractivity contribution in [2.75, 3.05) is 25.0 Å². The van der Waals surface area contributed by atoms with E-state index in [4.69, 9.17) is 5.73 Å². The van der Waals surface area contributed by atoms with E-state index in [0.717, 1.165) is 46.7 Å². The van der Waals surface area contributed by atoms with Crippen molar-refractivity contribution in [3.05, 3.63) is 28.7 Å². The lowest BCUT2D eigenvalue weighted by atomic mass is 9.97. The van der Waals surface area contributed by atoms with Gasteiger partial charge in [-0.15, -0.1) is 36.2 Å². The molecule has 1 atom stereocenters. The summed E-state index contributed by atoms with van der Waals surface area (Å²) in [5.41, 5.74) is 6.39. The number of hydrogen-bond donors (Lipinski definition) is 2. The summed E-state index contributed by atoms with van der Waals surface area (Å²) in [7, 11) is 0. The van der Waals surface area contributed by atoms with Crippen LogP contribution in [0.5, 0.6) is 0 Å². The third-order valence-corrected chi connectivity index (χ3v) is 4.87. The minimum Gasteiger partial charge on any atom is -0.341 e. The van der Waals surface area contributed by atoms with Gasteiger partial charge < -0.3 is 16.0 Å². The summed E-state index contributed by atoms with van der Waals surface area (Å²) in [5.74, 6) is 1.66. The molecule has 144 valence electrons. The Morgan fingerprint density at radius 1 is 1.38 bits per heavy atom. The van der Waals surface area contributed by atoms with E-state index in [1.54, 1.807) is 11.3 Å². The van der Waals surface area contributed by atoms with E-state index in [9.17, 15) is 4.79 Å². The van der Waals surface area contributed by atoms with E-state index in [1.165, 1.54) is 0 Å². The van der Waals surface area contributed by atoms with Crippen molar-refractivity contribution in [2.24, 2.45) is 5.73 Å². The van der Waals surface area contributed by atoms with Gasteiger partial charge in [0.05, 0.1) is 6.54 Å². The summed E-state index contributed by atoms with van der Waals surface area (Å²) in [4.78, 5) is 28.4. The Balaban J connectivity index is 0.00000169. The lowest BCUT2D eigenvalue weighted by Gasteiger charge is -2.32.